The number of ether oxygens (including phenoxy) is 2. The van der Waals surface area contributed by atoms with Crippen molar-refractivity contribution in [2.75, 3.05) is 7.11 Å². The molecule has 0 bridgehead atoms. The molecule has 1 heterocycles. The van der Waals surface area contributed by atoms with E-state index in [4.69, 9.17) is 4.74 Å². The first kappa shape index (κ1) is 19.5. The molecule has 0 spiro atoms. The topological polar surface area (TPSA) is 38.8 Å². The lowest BCUT2D eigenvalue weighted by molar-refractivity contribution is -0.142. The van der Waals surface area contributed by atoms with Crippen LogP contribution in [0, 0.1) is 0 Å². The van der Waals surface area contributed by atoms with Gasteiger partial charge < -0.3 is 9.47 Å². The maximum Gasteiger partial charge on any atom is 0.337 e. The van der Waals surface area contributed by atoms with Crippen LogP contribution >= 0.6 is 0 Å². The Morgan fingerprint density at radius 1 is 0.818 bits per heavy atom. The van der Waals surface area contributed by atoms with Crippen molar-refractivity contribution in [2.24, 2.45) is 0 Å². The highest BCUT2D eigenvalue weighted by atomic mass is 16.6. The second-order valence-electron chi connectivity index (χ2n) is 6.65. The molecular formula is C19H36O3. The van der Waals surface area contributed by atoms with Crippen LogP contribution in [0.15, 0.2) is 0 Å². The van der Waals surface area contributed by atoms with Crippen molar-refractivity contribution in [3.8, 4) is 0 Å². The fourth-order valence-electron chi connectivity index (χ4n) is 3.05. The number of carbonyl (C=O) groups excluding carboxylic acids is 1. The molecule has 0 aliphatic carbocycles. The van der Waals surface area contributed by atoms with Gasteiger partial charge in [-0.05, 0) is 6.42 Å². The largest absolute Gasteiger partial charge is 0.467 e. The van der Waals surface area contributed by atoms with E-state index in [2.05, 4.69) is 11.7 Å². The van der Waals surface area contributed by atoms with Crippen molar-refractivity contribution in [2.45, 2.75) is 109 Å². The van der Waals surface area contributed by atoms with Gasteiger partial charge in [-0.25, -0.2) is 4.79 Å². The molecule has 130 valence electrons. The molecule has 0 aromatic heterocycles. The lowest BCUT2D eigenvalue weighted by atomic mass is 10.0. The third-order valence-corrected chi connectivity index (χ3v) is 4.61. The van der Waals surface area contributed by atoms with Crippen LogP contribution in [0.2, 0.25) is 0 Å². The molecule has 3 nitrogen and oxygen atoms in total. The van der Waals surface area contributed by atoms with E-state index >= 15 is 0 Å². The molecule has 1 rings (SSSR count). The molecule has 1 aliphatic rings. The molecule has 0 amide bonds. The Morgan fingerprint density at radius 3 is 1.73 bits per heavy atom. The van der Waals surface area contributed by atoms with E-state index in [1.807, 2.05) is 0 Å². The Balaban J connectivity index is 1.71. The first-order chi connectivity index (χ1) is 10.8. The third-order valence-electron chi connectivity index (χ3n) is 4.61. The minimum Gasteiger partial charge on any atom is -0.467 e. The summed E-state index contributed by atoms with van der Waals surface area (Å²) in [6.07, 6.45) is 18.7. The van der Waals surface area contributed by atoms with Gasteiger partial charge in [0.2, 0.25) is 0 Å². The van der Waals surface area contributed by atoms with Gasteiger partial charge in [0, 0.05) is 0 Å². The predicted molar refractivity (Wildman–Crippen MR) is 91.0 cm³/mol. The second kappa shape index (κ2) is 12.9. The Hall–Kier alpha value is -0.570. The van der Waals surface area contributed by atoms with Crippen molar-refractivity contribution in [3.05, 3.63) is 0 Å². The fraction of sp³-hybridized carbons (Fsp3) is 0.947. The summed E-state index contributed by atoms with van der Waals surface area (Å²) >= 11 is 0. The van der Waals surface area contributed by atoms with Crippen LogP contribution in [0.1, 0.15) is 96.8 Å². The molecule has 0 saturated carbocycles. The van der Waals surface area contributed by atoms with Crippen molar-refractivity contribution in [1.29, 1.82) is 0 Å². The normalized spacial score (nSPS) is 20.1. The zero-order valence-electron chi connectivity index (χ0n) is 14.8. The van der Waals surface area contributed by atoms with E-state index in [9.17, 15) is 4.79 Å². The number of unbranched alkanes of at least 4 members (excludes halogenated alkanes) is 12. The van der Waals surface area contributed by atoms with Gasteiger partial charge in [-0.15, -0.1) is 0 Å². The van der Waals surface area contributed by atoms with E-state index < -0.39 is 0 Å². The van der Waals surface area contributed by atoms with Gasteiger partial charge in [-0.2, -0.15) is 0 Å². The smallest absolute Gasteiger partial charge is 0.337 e. The summed E-state index contributed by atoms with van der Waals surface area (Å²) in [7, 11) is 1.42. The minimum atomic E-state index is -0.262. The van der Waals surface area contributed by atoms with Crippen LogP contribution in [-0.4, -0.2) is 25.3 Å². The highest BCUT2D eigenvalue weighted by Gasteiger charge is 2.45. The lowest BCUT2D eigenvalue weighted by Gasteiger charge is -2.02. The highest BCUT2D eigenvalue weighted by Crippen LogP contribution is 2.28. The van der Waals surface area contributed by atoms with Crippen LogP contribution in [0.3, 0.4) is 0 Å². The minimum absolute atomic E-state index is 0.139. The number of rotatable bonds is 15. The highest BCUT2D eigenvalue weighted by molar-refractivity contribution is 5.77. The van der Waals surface area contributed by atoms with E-state index in [0.717, 1.165) is 6.42 Å². The Kier molecular flexibility index (Phi) is 11.4. The van der Waals surface area contributed by atoms with Gasteiger partial charge in [0.05, 0.1) is 13.2 Å². The first-order valence-electron chi connectivity index (χ1n) is 9.53. The van der Waals surface area contributed by atoms with Crippen molar-refractivity contribution < 1.29 is 14.3 Å². The van der Waals surface area contributed by atoms with Crippen LogP contribution < -0.4 is 0 Å². The van der Waals surface area contributed by atoms with E-state index in [-0.39, 0.29) is 18.2 Å². The quantitative estimate of drug-likeness (QED) is 0.230. The van der Waals surface area contributed by atoms with Crippen LogP contribution in [0.25, 0.3) is 0 Å². The summed E-state index contributed by atoms with van der Waals surface area (Å²) in [5.41, 5.74) is 0. The van der Waals surface area contributed by atoms with Crippen LogP contribution in [-0.2, 0) is 14.3 Å². The van der Waals surface area contributed by atoms with Crippen molar-refractivity contribution >= 4 is 5.97 Å². The van der Waals surface area contributed by atoms with Gasteiger partial charge in [0.15, 0.2) is 6.10 Å². The monoisotopic (exact) mass is 312 g/mol. The number of hydrogen-bond acceptors (Lipinski definition) is 3. The summed E-state index contributed by atoms with van der Waals surface area (Å²) in [5.74, 6) is -0.209. The Morgan fingerprint density at radius 2 is 1.27 bits per heavy atom. The zero-order valence-corrected chi connectivity index (χ0v) is 14.8. The number of epoxide rings is 1. The SMILES string of the molecule is CCCCCCCCCCCCCCC[C@@H]1O[C@H]1C(=O)OC. The van der Waals surface area contributed by atoms with Gasteiger partial charge in [0.1, 0.15) is 0 Å². The van der Waals surface area contributed by atoms with Crippen LogP contribution in [0.5, 0.6) is 0 Å². The summed E-state index contributed by atoms with van der Waals surface area (Å²) in [6.45, 7) is 2.27. The van der Waals surface area contributed by atoms with Crippen molar-refractivity contribution in [1.82, 2.24) is 0 Å². The molecule has 2 atom stereocenters. The third kappa shape index (κ3) is 9.45. The molecule has 1 aliphatic heterocycles. The number of methoxy groups -OCH3 is 1. The Bertz CT molecular complexity index is 278. The van der Waals surface area contributed by atoms with Crippen molar-refractivity contribution in [3.63, 3.8) is 0 Å². The van der Waals surface area contributed by atoms with Gasteiger partial charge >= 0.3 is 5.97 Å². The summed E-state index contributed by atoms with van der Waals surface area (Å²) < 4.78 is 9.96. The standard InChI is InChI=1S/C19H36O3/c1-3-4-5-6-7-8-9-10-11-12-13-14-15-16-17-18(22-17)19(20)21-2/h17-18H,3-16H2,1-2H3/t17-,18+/m0/s1. The summed E-state index contributed by atoms with van der Waals surface area (Å²) in [6, 6.07) is 0. The molecule has 1 fully saturated rings. The fourth-order valence-corrected chi connectivity index (χ4v) is 3.05. The summed E-state index contributed by atoms with van der Waals surface area (Å²) in [5, 5.41) is 0. The molecule has 22 heavy (non-hydrogen) atoms. The molecular weight excluding hydrogens is 276 g/mol. The maximum atomic E-state index is 11.2. The van der Waals surface area contributed by atoms with E-state index in [0.29, 0.717) is 0 Å². The average molecular weight is 312 g/mol. The number of carbonyl (C=O) groups is 1. The first-order valence-corrected chi connectivity index (χ1v) is 9.53. The number of hydrogen-bond donors (Lipinski definition) is 0. The summed E-state index contributed by atoms with van der Waals surface area (Å²) in [4.78, 5) is 11.2. The average Bonchev–Trinajstić information content (AvgIpc) is 3.30. The maximum absolute atomic E-state index is 11.2. The molecule has 0 aromatic carbocycles. The molecule has 3 heteroatoms. The Labute approximate surface area is 137 Å². The zero-order chi connectivity index (χ0) is 16.0. The number of esters is 1. The predicted octanol–water partition coefficient (Wildman–Crippen LogP) is 5.41. The van der Waals surface area contributed by atoms with E-state index in [1.54, 1.807) is 0 Å². The molecule has 1 saturated heterocycles. The van der Waals surface area contributed by atoms with Crippen LogP contribution in [0.4, 0.5) is 0 Å². The van der Waals surface area contributed by atoms with Gasteiger partial charge in [-0.1, -0.05) is 90.4 Å². The molecule has 0 radical (unpaired) electrons. The van der Waals surface area contributed by atoms with Gasteiger partial charge in [0.25, 0.3) is 0 Å². The van der Waals surface area contributed by atoms with Gasteiger partial charge in [-0.3, -0.25) is 0 Å². The molecule has 0 N–H and O–H groups in total. The molecule has 0 aromatic rings. The lowest BCUT2D eigenvalue weighted by Crippen LogP contribution is -2.11. The molecule has 0 unspecified atom stereocenters. The second-order valence-corrected chi connectivity index (χ2v) is 6.65. The van der Waals surface area contributed by atoms with E-state index in [1.165, 1.54) is 90.6 Å².